The van der Waals surface area contributed by atoms with Gasteiger partial charge in [0.05, 0.1) is 18.4 Å². The number of nitrogens with one attached hydrogen (secondary N) is 1. The average Bonchev–Trinajstić information content (AvgIpc) is 3.34. The van der Waals surface area contributed by atoms with Gasteiger partial charge in [-0.05, 0) is 42.8 Å². The fourth-order valence-electron chi connectivity index (χ4n) is 3.01. The van der Waals surface area contributed by atoms with Crippen LogP contribution in [-0.4, -0.2) is 45.4 Å². The van der Waals surface area contributed by atoms with E-state index in [1.807, 2.05) is 0 Å². The van der Waals surface area contributed by atoms with Gasteiger partial charge in [0, 0.05) is 13.1 Å². The van der Waals surface area contributed by atoms with Gasteiger partial charge >= 0.3 is 5.97 Å². The number of hydrogen-bond donors (Lipinski definition) is 1. The molecule has 27 heavy (non-hydrogen) atoms. The number of thiophene rings is 1. The van der Waals surface area contributed by atoms with E-state index in [1.54, 1.807) is 30.0 Å². The van der Waals surface area contributed by atoms with Crippen molar-refractivity contribution in [2.24, 2.45) is 0 Å². The van der Waals surface area contributed by atoms with E-state index in [-0.39, 0.29) is 21.4 Å². The van der Waals surface area contributed by atoms with Gasteiger partial charge in [0.1, 0.15) is 9.77 Å². The first-order valence-electron chi connectivity index (χ1n) is 8.42. The number of sulfonamides is 1. The molecule has 1 aromatic heterocycles. The zero-order chi connectivity index (χ0) is 19.6. The molecule has 0 unspecified atom stereocenters. The van der Waals surface area contributed by atoms with Crippen molar-refractivity contribution in [3.05, 3.63) is 45.6 Å². The summed E-state index contributed by atoms with van der Waals surface area (Å²) in [6.07, 6.45) is 1.88. The Balaban J connectivity index is 1.99. The van der Waals surface area contributed by atoms with E-state index < -0.39 is 16.0 Å². The van der Waals surface area contributed by atoms with Crippen LogP contribution in [0.2, 0.25) is 0 Å². The van der Waals surface area contributed by atoms with E-state index in [9.17, 15) is 18.0 Å². The summed E-state index contributed by atoms with van der Waals surface area (Å²) in [6, 6.07) is 6.41. The Hall–Kier alpha value is -2.39. The highest BCUT2D eigenvalue weighted by molar-refractivity contribution is 7.93. The van der Waals surface area contributed by atoms with Crippen molar-refractivity contribution < 1.29 is 22.7 Å². The molecule has 1 aliphatic heterocycles. The number of hydrogen-bond acceptors (Lipinski definition) is 6. The summed E-state index contributed by atoms with van der Waals surface area (Å²) >= 11 is 0.986. The molecule has 9 heteroatoms. The molecular weight excluding hydrogens is 388 g/mol. The summed E-state index contributed by atoms with van der Waals surface area (Å²) in [5, 5.41) is 1.51. The molecule has 7 nitrogen and oxygen atoms in total. The third kappa shape index (κ3) is 3.84. The van der Waals surface area contributed by atoms with Gasteiger partial charge in [-0.2, -0.15) is 0 Å². The SMILES string of the molecule is COC(=O)c1sccc1S(=O)(=O)Nc1c(C)cccc1C(=O)N1CCCC1. The maximum absolute atomic E-state index is 12.9. The van der Waals surface area contributed by atoms with Crippen molar-refractivity contribution in [3.8, 4) is 0 Å². The number of amides is 1. The van der Waals surface area contributed by atoms with E-state index in [2.05, 4.69) is 9.46 Å². The lowest BCUT2D eigenvalue weighted by Crippen LogP contribution is -2.29. The van der Waals surface area contributed by atoms with Gasteiger partial charge in [0.15, 0.2) is 0 Å². The molecule has 0 radical (unpaired) electrons. The van der Waals surface area contributed by atoms with Crippen LogP contribution < -0.4 is 4.72 Å². The molecule has 2 aromatic rings. The number of ether oxygens (including phenoxy) is 1. The highest BCUT2D eigenvalue weighted by Gasteiger charge is 2.28. The van der Waals surface area contributed by atoms with Crippen LogP contribution in [0, 0.1) is 6.92 Å². The topological polar surface area (TPSA) is 92.8 Å². The molecule has 0 aliphatic carbocycles. The molecular formula is C18H20N2O5S2. The second-order valence-corrected chi connectivity index (χ2v) is 8.77. The monoisotopic (exact) mass is 408 g/mol. The van der Waals surface area contributed by atoms with Crippen LogP contribution in [0.15, 0.2) is 34.5 Å². The number of anilines is 1. The third-order valence-electron chi connectivity index (χ3n) is 4.42. The van der Waals surface area contributed by atoms with Crippen LogP contribution in [0.1, 0.15) is 38.4 Å². The normalized spacial score (nSPS) is 14.2. The quantitative estimate of drug-likeness (QED) is 0.768. The molecule has 1 aliphatic rings. The molecule has 3 rings (SSSR count). The number of likely N-dealkylation sites (tertiary alicyclic amines) is 1. The molecule has 1 amide bonds. The fourth-order valence-corrected chi connectivity index (χ4v) is 5.50. The van der Waals surface area contributed by atoms with Crippen molar-refractivity contribution in [2.45, 2.75) is 24.7 Å². The summed E-state index contributed by atoms with van der Waals surface area (Å²) in [4.78, 5) is 26.2. The number of benzene rings is 1. The number of esters is 1. The van der Waals surface area contributed by atoms with Crippen LogP contribution in [-0.2, 0) is 14.8 Å². The standard InChI is InChI=1S/C18H20N2O5S2/c1-12-6-5-7-13(17(21)20-9-3-4-10-20)15(12)19-27(23,24)14-8-11-26-16(14)18(22)25-2/h5-8,11,19H,3-4,9-10H2,1-2H3. The van der Waals surface area contributed by atoms with Crippen molar-refractivity contribution in [1.82, 2.24) is 4.90 Å². The maximum Gasteiger partial charge on any atom is 0.349 e. The number of carbonyl (C=O) groups excluding carboxylic acids is 2. The summed E-state index contributed by atoms with van der Waals surface area (Å²) in [6.45, 7) is 3.05. The minimum absolute atomic E-state index is 0.00833. The molecule has 0 saturated carbocycles. The van der Waals surface area contributed by atoms with Crippen LogP contribution >= 0.6 is 11.3 Å². The van der Waals surface area contributed by atoms with Crippen LogP contribution in [0.4, 0.5) is 5.69 Å². The Morgan fingerprint density at radius 1 is 1.19 bits per heavy atom. The van der Waals surface area contributed by atoms with Gasteiger partial charge < -0.3 is 9.64 Å². The third-order valence-corrected chi connectivity index (χ3v) is 6.84. The minimum Gasteiger partial charge on any atom is -0.465 e. The van der Waals surface area contributed by atoms with Gasteiger partial charge in [-0.25, -0.2) is 13.2 Å². The van der Waals surface area contributed by atoms with Crippen LogP contribution in [0.3, 0.4) is 0 Å². The highest BCUT2D eigenvalue weighted by atomic mass is 32.2. The van der Waals surface area contributed by atoms with Crippen molar-refractivity contribution in [1.29, 1.82) is 0 Å². The van der Waals surface area contributed by atoms with E-state index in [0.29, 0.717) is 24.2 Å². The molecule has 0 atom stereocenters. The summed E-state index contributed by atoms with van der Waals surface area (Å²) in [5.74, 6) is -0.920. The number of methoxy groups -OCH3 is 1. The molecule has 1 saturated heterocycles. The summed E-state index contributed by atoms with van der Waals surface area (Å²) in [7, 11) is -2.87. The maximum atomic E-state index is 12.9. The Labute approximate surface area is 162 Å². The van der Waals surface area contributed by atoms with Crippen molar-refractivity contribution in [3.63, 3.8) is 0 Å². The fraction of sp³-hybridized carbons (Fsp3) is 0.333. The number of para-hydroxylation sites is 1. The molecule has 1 fully saturated rings. The second kappa shape index (κ2) is 7.69. The first-order valence-corrected chi connectivity index (χ1v) is 10.8. The lowest BCUT2D eigenvalue weighted by atomic mass is 10.1. The smallest absolute Gasteiger partial charge is 0.349 e. The van der Waals surface area contributed by atoms with Crippen molar-refractivity contribution in [2.75, 3.05) is 24.9 Å². The molecule has 2 heterocycles. The second-order valence-electron chi connectivity index (χ2n) is 6.21. The molecule has 1 N–H and O–H groups in total. The number of rotatable bonds is 5. The average molecular weight is 409 g/mol. The van der Waals surface area contributed by atoms with Gasteiger partial charge in [-0.1, -0.05) is 12.1 Å². The number of nitrogens with zero attached hydrogens (tertiary/aromatic N) is 1. The van der Waals surface area contributed by atoms with E-state index in [4.69, 9.17) is 0 Å². The van der Waals surface area contributed by atoms with Gasteiger partial charge in [-0.3, -0.25) is 9.52 Å². The number of carbonyl (C=O) groups is 2. The minimum atomic E-state index is -4.07. The zero-order valence-corrected chi connectivity index (χ0v) is 16.7. The van der Waals surface area contributed by atoms with Crippen molar-refractivity contribution >= 4 is 38.9 Å². The first-order chi connectivity index (χ1) is 12.8. The van der Waals surface area contributed by atoms with Gasteiger partial charge in [-0.15, -0.1) is 11.3 Å². The zero-order valence-electron chi connectivity index (χ0n) is 15.0. The van der Waals surface area contributed by atoms with E-state index in [1.165, 1.54) is 18.6 Å². The van der Waals surface area contributed by atoms with E-state index in [0.717, 1.165) is 24.2 Å². The Bertz CT molecular complexity index is 975. The Morgan fingerprint density at radius 3 is 2.56 bits per heavy atom. The predicted molar refractivity (Wildman–Crippen MR) is 103 cm³/mol. The van der Waals surface area contributed by atoms with E-state index >= 15 is 0 Å². The molecule has 0 bridgehead atoms. The molecule has 144 valence electrons. The molecule has 0 spiro atoms. The highest BCUT2D eigenvalue weighted by Crippen LogP contribution is 2.29. The van der Waals surface area contributed by atoms with Gasteiger partial charge in [0.2, 0.25) is 0 Å². The number of aryl methyl sites for hydroxylation is 1. The Kier molecular flexibility index (Phi) is 5.52. The summed E-state index contributed by atoms with van der Waals surface area (Å²) < 4.78 is 33.0. The largest absolute Gasteiger partial charge is 0.465 e. The van der Waals surface area contributed by atoms with Crippen LogP contribution in [0.25, 0.3) is 0 Å². The molecule has 1 aromatic carbocycles. The first kappa shape index (κ1) is 19.4. The lowest BCUT2D eigenvalue weighted by Gasteiger charge is -2.19. The van der Waals surface area contributed by atoms with Gasteiger partial charge in [0.25, 0.3) is 15.9 Å². The van der Waals surface area contributed by atoms with Crippen LogP contribution in [0.5, 0.6) is 0 Å². The Morgan fingerprint density at radius 2 is 1.89 bits per heavy atom. The lowest BCUT2D eigenvalue weighted by molar-refractivity contribution is 0.0602. The predicted octanol–water partition coefficient (Wildman–Crippen LogP) is 2.88. The summed E-state index contributed by atoms with van der Waals surface area (Å²) in [5.41, 5.74) is 1.16.